The number of ether oxygens (including phenoxy) is 1. The van der Waals surface area contributed by atoms with Gasteiger partial charge in [-0.1, -0.05) is 53.9 Å². The molecule has 144 valence electrons. The van der Waals surface area contributed by atoms with Gasteiger partial charge in [0.15, 0.2) is 5.58 Å². The zero-order chi connectivity index (χ0) is 19.9. The first-order chi connectivity index (χ1) is 14.3. The number of hydrogen-bond donors (Lipinski definition) is 1. The maximum Gasteiger partial charge on any atom is 0.257 e. The number of thioether (sulfide) groups is 1. The Kier molecular flexibility index (Phi) is 5.93. The van der Waals surface area contributed by atoms with E-state index in [1.807, 2.05) is 54.6 Å². The first-order valence-corrected chi connectivity index (χ1v) is 9.95. The molecule has 6 nitrogen and oxygen atoms in total. The van der Waals surface area contributed by atoms with Crippen LogP contribution in [0.5, 0.6) is 5.75 Å². The third kappa shape index (κ3) is 4.86. The summed E-state index contributed by atoms with van der Waals surface area (Å²) in [5.74, 6) is 6.54. The van der Waals surface area contributed by atoms with Crippen LogP contribution in [0.3, 0.4) is 0 Å². The number of aromatic nitrogens is 2. The van der Waals surface area contributed by atoms with E-state index in [4.69, 9.17) is 9.15 Å². The predicted octanol–water partition coefficient (Wildman–Crippen LogP) is 3.67. The molecule has 2 aromatic carbocycles. The minimum Gasteiger partial charge on any atom is -0.479 e. The summed E-state index contributed by atoms with van der Waals surface area (Å²) in [7, 11) is 0. The van der Waals surface area contributed by atoms with E-state index >= 15 is 0 Å². The highest BCUT2D eigenvalue weighted by Gasteiger charge is 2.08. The molecule has 0 aliphatic rings. The lowest BCUT2D eigenvalue weighted by Crippen LogP contribution is -2.25. The summed E-state index contributed by atoms with van der Waals surface area (Å²) in [4.78, 5) is 20.6. The number of pyridine rings is 1. The highest BCUT2D eigenvalue weighted by Crippen LogP contribution is 2.23. The van der Waals surface area contributed by atoms with E-state index in [1.165, 1.54) is 11.8 Å². The van der Waals surface area contributed by atoms with Crippen molar-refractivity contribution in [3.63, 3.8) is 0 Å². The molecule has 2 aromatic heterocycles. The summed E-state index contributed by atoms with van der Waals surface area (Å²) < 4.78 is 11.3. The van der Waals surface area contributed by atoms with Gasteiger partial charge in [-0.2, -0.15) is 0 Å². The number of fused-ring (bicyclic) bond motifs is 2. The van der Waals surface area contributed by atoms with Crippen LogP contribution >= 0.6 is 11.8 Å². The Morgan fingerprint density at radius 3 is 2.93 bits per heavy atom. The molecule has 1 amide bonds. The number of rotatable bonds is 6. The molecule has 0 spiro atoms. The molecule has 0 radical (unpaired) electrons. The zero-order valence-electron chi connectivity index (χ0n) is 15.4. The third-order valence-corrected chi connectivity index (χ3v) is 4.82. The smallest absolute Gasteiger partial charge is 0.257 e. The van der Waals surface area contributed by atoms with Gasteiger partial charge in [-0.05, 0) is 24.3 Å². The summed E-state index contributed by atoms with van der Waals surface area (Å²) in [6.45, 7) is 0.479. The Labute approximate surface area is 171 Å². The topological polar surface area (TPSA) is 77.2 Å². The number of para-hydroxylation sites is 3. The van der Waals surface area contributed by atoms with Gasteiger partial charge in [-0.25, -0.2) is 4.98 Å². The number of nitrogens with one attached hydrogen (secondary N) is 1. The SMILES string of the molecule is O=C(CSc1nc2ccccc2o1)NCC#CCOc1cccc2cccnc12. The lowest BCUT2D eigenvalue weighted by atomic mass is 10.2. The second-order valence-electron chi connectivity index (χ2n) is 5.99. The number of carbonyl (C=O) groups is 1. The fourth-order valence-electron chi connectivity index (χ4n) is 2.65. The van der Waals surface area contributed by atoms with Crippen LogP contribution in [0.1, 0.15) is 0 Å². The Balaban J connectivity index is 1.20. The van der Waals surface area contributed by atoms with E-state index in [0.717, 1.165) is 16.4 Å². The van der Waals surface area contributed by atoms with Gasteiger partial charge < -0.3 is 14.5 Å². The number of hydrogen-bond acceptors (Lipinski definition) is 6. The van der Waals surface area contributed by atoms with Crippen molar-refractivity contribution >= 4 is 39.7 Å². The fourth-order valence-corrected chi connectivity index (χ4v) is 3.32. The van der Waals surface area contributed by atoms with E-state index < -0.39 is 0 Å². The molecule has 0 unspecified atom stereocenters. The van der Waals surface area contributed by atoms with Gasteiger partial charge in [0.1, 0.15) is 23.4 Å². The van der Waals surface area contributed by atoms with Gasteiger partial charge in [0.05, 0.1) is 12.3 Å². The lowest BCUT2D eigenvalue weighted by molar-refractivity contribution is -0.118. The maximum atomic E-state index is 11.9. The van der Waals surface area contributed by atoms with Crippen molar-refractivity contribution in [2.45, 2.75) is 5.22 Å². The number of nitrogens with zero attached hydrogens (tertiary/aromatic N) is 2. The largest absolute Gasteiger partial charge is 0.479 e. The first kappa shape index (κ1) is 18.8. The summed E-state index contributed by atoms with van der Waals surface area (Å²) in [5, 5.41) is 4.24. The Hall–Kier alpha value is -3.50. The zero-order valence-corrected chi connectivity index (χ0v) is 16.2. The van der Waals surface area contributed by atoms with E-state index in [0.29, 0.717) is 16.6 Å². The molecule has 2 heterocycles. The monoisotopic (exact) mass is 403 g/mol. The molecule has 0 fully saturated rings. The van der Waals surface area contributed by atoms with Crippen LogP contribution in [-0.2, 0) is 4.79 Å². The summed E-state index contributed by atoms with van der Waals surface area (Å²) in [6, 6.07) is 17.1. The normalized spacial score (nSPS) is 10.5. The van der Waals surface area contributed by atoms with Crippen LogP contribution in [0.15, 0.2) is 70.4 Å². The Morgan fingerprint density at radius 1 is 1.10 bits per heavy atom. The Bertz CT molecular complexity index is 1170. The first-order valence-electron chi connectivity index (χ1n) is 8.97. The van der Waals surface area contributed by atoms with Gasteiger partial charge >= 0.3 is 0 Å². The van der Waals surface area contributed by atoms with E-state index in [-0.39, 0.29) is 24.8 Å². The lowest BCUT2D eigenvalue weighted by Gasteiger charge is -2.05. The number of carbonyl (C=O) groups excluding carboxylic acids is 1. The van der Waals surface area contributed by atoms with Crippen molar-refractivity contribution in [3.8, 4) is 17.6 Å². The highest BCUT2D eigenvalue weighted by molar-refractivity contribution is 7.99. The van der Waals surface area contributed by atoms with Gasteiger partial charge in [-0.3, -0.25) is 9.78 Å². The van der Waals surface area contributed by atoms with Crippen LogP contribution in [0.25, 0.3) is 22.0 Å². The molecule has 0 bridgehead atoms. The van der Waals surface area contributed by atoms with Crippen molar-refractivity contribution in [1.29, 1.82) is 0 Å². The van der Waals surface area contributed by atoms with Gasteiger partial charge in [0, 0.05) is 11.6 Å². The molecule has 0 saturated heterocycles. The van der Waals surface area contributed by atoms with Crippen molar-refractivity contribution < 1.29 is 13.9 Å². The van der Waals surface area contributed by atoms with Crippen molar-refractivity contribution in [2.75, 3.05) is 18.9 Å². The molecular weight excluding hydrogens is 386 g/mol. The number of amides is 1. The molecule has 4 aromatic rings. The van der Waals surface area contributed by atoms with Crippen LogP contribution < -0.4 is 10.1 Å². The maximum absolute atomic E-state index is 11.9. The summed E-state index contributed by atoms with van der Waals surface area (Å²) in [6.07, 6.45) is 1.73. The fraction of sp³-hybridized carbons (Fsp3) is 0.136. The van der Waals surface area contributed by atoms with E-state index in [2.05, 4.69) is 27.1 Å². The van der Waals surface area contributed by atoms with E-state index in [1.54, 1.807) is 6.20 Å². The molecule has 0 saturated carbocycles. The second kappa shape index (κ2) is 9.13. The summed E-state index contributed by atoms with van der Waals surface area (Å²) in [5.41, 5.74) is 2.30. The van der Waals surface area contributed by atoms with E-state index in [9.17, 15) is 4.79 Å². The average Bonchev–Trinajstić information content (AvgIpc) is 3.18. The predicted molar refractivity (Wildman–Crippen MR) is 113 cm³/mol. The third-order valence-electron chi connectivity index (χ3n) is 4.00. The molecule has 4 rings (SSSR count). The quantitative estimate of drug-likeness (QED) is 0.391. The molecular formula is C22H17N3O3S. The highest BCUT2D eigenvalue weighted by atomic mass is 32.2. The van der Waals surface area contributed by atoms with Crippen molar-refractivity contribution in [1.82, 2.24) is 15.3 Å². The van der Waals surface area contributed by atoms with Gasteiger partial charge in [0.25, 0.3) is 5.22 Å². The Morgan fingerprint density at radius 2 is 2.00 bits per heavy atom. The second-order valence-corrected chi connectivity index (χ2v) is 6.91. The van der Waals surface area contributed by atoms with Crippen LogP contribution in [0.4, 0.5) is 0 Å². The molecule has 0 aliphatic carbocycles. The van der Waals surface area contributed by atoms with Crippen LogP contribution in [0.2, 0.25) is 0 Å². The molecule has 0 atom stereocenters. The van der Waals surface area contributed by atoms with Gasteiger partial charge in [-0.15, -0.1) is 0 Å². The van der Waals surface area contributed by atoms with Crippen LogP contribution in [0, 0.1) is 11.8 Å². The average molecular weight is 403 g/mol. The number of oxazole rings is 1. The minimum atomic E-state index is -0.134. The molecule has 1 N–H and O–H groups in total. The number of benzene rings is 2. The standard InChI is InChI=1S/C22H17N3O3S/c26-20(15-29-22-25-17-9-1-2-10-18(17)28-22)23-12-3-4-14-27-19-11-5-7-16-8-6-13-24-21(16)19/h1-2,5-11,13H,12,14-15H2,(H,23,26). The molecule has 0 aliphatic heterocycles. The van der Waals surface area contributed by atoms with Gasteiger partial charge in [0.2, 0.25) is 5.91 Å². The van der Waals surface area contributed by atoms with Crippen LogP contribution in [-0.4, -0.2) is 34.8 Å². The van der Waals surface area contributed by atoms with Crippen molar-refractivity contribution in [2.24, 2.45) is 0 Å². The summed E-state index contributed by atoms with van der Waals surface area (Å²) >= 11 is 1.25. The van der Waals surface area contributed by atoms with Crippen molar-refractivity contribution in [3.05, 3.63) is 60.8 Å². The molecule has 7 heteroatoms. The molecule has 29 heavy (non-hydrogen) atoms. The minimum absolute atomic E-state index is 0.134.